The van der Waals surface area contributed by atoms with Gasteiger partial charge < -0.3 is 9.16 Å². The number of hydrogen-bond acceptors (Lipinski definition) is 6. The van der Waals surface area contributed by atoms with E-state index in [1.165, 1.54) is 12.1 Å². The summed E-state index contributed by atoms with van der Waals surface area (Å²) in [6, 6.07) is 15.7. The lowest BCUT2D eigenvalue weighted by Gasteiger charge is -2.53. The minimum atomic E-state index is -4.28. The number of fused-ring (bicyclic) bond motifs is 1. The number of esters is 1. The van der Waals surface area contributed by atoms with Crippen LogP contribution in [0.2, 0.25) is 18.1 Å². The van der Waals surface area contributed by atoms with Gasteiger partial charge in [0.2, 0.25) is 0 Å². The maximum atomic E-state index is 14.6. The Labute approximate surface area is 246 Å². The van der Waals surface area contributed by atoms with Crippen molar-refractivity contribution >= 4 is 30.2 Å². The average molecular weight is 598 g/mol. The van der Waals surface area contributed by atoms with Gasteiger partial charge in [0.05, 0.1) is 17.5 Å². The summed E-state index contributed by atoms with van der Waals surface area (Å²) in [6.07, 6.45) is -0.121. The molecular formula is C32H43NO6SSi. The number of ether oxygens (including phenoxy) is 1. The smallest absolute Gasteiger partial charge is 0.322 e. The zero-order valence-electron chi connectivity index (χ0n) is 25.5. The van der Waals surface area contributed by atoms with Gasteiger partial charge in [0.15, 0.2) is 13.7 Å². The highest BCUT2D eigenvalue weighted by molar-refractivity contribution is 7.89. The van der Waals surface area contributed by atoms with E-state index in [1.54, 1.807) is 12.1 Å². The van der Waals surface area contributed by atoms with Crippen molar-refractivity contribution in [3.05, 3.63) is 76.9 Å². The molecule has 4 rings (SSSR count). The number of carbonyl (C=O) groups is 2. The molecular weight excluding hydrogens is 555 g/mol. The summed E-state index contributed by atoms with van der Waals surface area (Å²) in [5, 5.41) is -0.166. The molecule has 2 aromatic carbocycles. The Morgan fingerprint density at radius 3 is 2.20 bits per heavy atom. The van der Waals surface area contributed by atoms with Gasteiger partial charge in [-0.3, -0.25) is 9.59 Å². The molecule has 3 atom stereocenters. The van der Waals surface area contributed by atoms with Crippen LogP contribution in [-0.2, 0) is 35.4 Å². The third-order valence-electron chi connectivity index (χ3n) is 9.27. The minimum Gasteiger partial charge on any atom is -0.460 e. The first kappa shape index (κ1) is 31.2. The summed E-state index contributed by atoms with van der Waals surface area (Å²) in [5.41, 5.74) is 1.95. The molecule has 2 aromatic rings. The zero-order valence-corrected chi connectivity index (χ0v) is 27.3. The summed E-state index contributed by atoms with van der Waals surface area (Å²) in [4.78, 5) is 28.8. The molecule has 1 fully saturated rings. The predicted octanol–water partition coefficient (Wildman–Crippen LogP) is 6.39. The van der Waals surface area contributed by atoms with E-state index in [9.17, 15) is 18.0 Å². The topological polar surface area (TPSA) is 90.0 Å². The van der Waals surface area contributed by atoms with Gasteiger partial charge in [-0.2, -0.15) is 0 Å². The van der Waals surface area contributed by atoms with Gasteiger partial charge in [-0.1, -0.05) is 79.9 Å². The van der Waals surface area contributed by atoms with Gasteiger partial charge in [-0.15, -0.1) is 0 Å². The molecule has 0 bridgehead atoms. The largest absolute Gasteiger partial charge is 0.460 e. The highest BCUT2D eigenvalue weighted by Gasteiger charge is 2.64. The van der Waals surface area contributed by atoms with Gasteiger partial charge in [0.1, 0.15) is 6.61 Å². The number of nitrogens with zero attached hydrogens (tertiary/aromatic N) is 1. The second kappa shape index (κ2) is 11.2. The van der Waals surface area contributed by atoms with Crippen LogP contribution in [0.25, 0.3) is 0 Å². The van der Waals surface area contributed by atoms with E-state index in [4.69, 9.17) is 9.16 Å². The third-order valence-corrected chi connectivity index (χ3v) is 15.5. The van der Waals surface area contributed by atoms with Crippen LogP contribution >= 0.6 is 0 Å². The standard InChI is InChI=1S/C32H43NO6SSi/c1-22-14-16-26(17-15-22)40(36,37)33-20-28(39-41(7,8)31(4,5)6)27-18-23(2)24(3)19-32(27,29(33)34)30(35)38-21-25-12-10-9-11-13-25/h9-17,27-28H,18-21H2,1-8H3/t27-,28+,32+/m0/s1. The maximum absolute atomic E-state index is 14.6. The lowest BCUT2D eigenvalue weighted by molar-refractivity contribution is -0.179. The van der Waals surface area contributed by atoms with E-state index in [-0.39, 0.29) is 29.5 Å². The van der Waals surface area contributed by atoms with Crippen molar-refractivity contribution in [2.75, 3.05) is 6.54 Å². The molecule has 0 N–H and O–H groups in total. The van der Waals surface area contributed by atoms with Crippen molar-refractivity contribution < 1.29 is 27.2 Å². The molecule has 1 amide bonds. The molecule has 0 aromatic heterocycles. The summed E-state index contributed by atoms with van der Waals surface area (Å²) in [7, 11) is -6.72. The molecule has 7 nitrogen and oxygen atoms in total. The first-order chi connectivity index (χ1) is 19.0. The molecule has 222 valence electrons. The van der Waals surface area contributed by atoms with Crippen molar-refractivity contribution in [1.29, 1.82) is 0 Å². The van der Waals surface area contributed by atoms with Crippen LogP contribution in [-0.4, -0.2) is 45.6 Å². The lowest BCUT2D eigenvalue weighted by atomic mass is 9.60. The van der Waals surface area contributed by atoms with Crippen LogP contribution < -0.4 is 0 Å². The Bertz CT molecular complexity index is 1440. The fraction of sp³-hybridized carbons (Fsp3) is 0.500. The van der Waals surface area contributed by atoms with E-state index in [2.05, 4.69) is 33.9 Å². The molecule has 1 aliphatic carbocycles. The van der Waals surface area contributed by atoms with Gasteiger partial charge in [0.25, 0.3) is 15.9 Å². The summed E-state index contributed by atoms with van der Waals surface area (Å²) < 4.78 is 41.8. The van der Waals surface area contributed by atoms with E-state index in [0.717, 1.165) is 26.6 Å². The lowest BCUT2D eigenvalue weighted by Crippen LogP contribution is -2.67. The number of hydrogen-bond donors (Lipinski definition) is 0. The van der Waals surface area contributed by atoms with Crippen LogP contribution in [0.1, 0.15) is 58.6 Å². The van der Waals surface area contributed by atoms with Crippen LogP contribution in [0.3, 0.4) is 0 Å². The van der Waals surface area contributed by atoms with Crippen molar-refractivity contribution in [1.82, 2.24) is 4.31 Å². The fourth-order valence-corrected chi connectivity index (χ4v) is 8.35. The average Bonchev–Trinajstić information content (AvgIpc) is 2.90. The van der Waals surface area contributed by atoms with Crippen molar-refractivity contribution in [3.63, 3.8) is 0 Å². The van der Waals surface area contributed by atoms with Crippen molar-refractivity contribution in [2.45, 2.75) is 90.1 Å². The molecule has 9 heteroatoms. The summed E-state index contributed by atoms with van der Waals surface area (Å²) >= 11 is 0. The number of piperidine rings is 1. The highest BCUT2D eigenvalue weighted by atomic mass is 32.2. The zero-order chi connectivity index (χ0) is 30.4. The van der Waals surface area contributed by atoms with Crippen LogP contribution in [0, 0.1) is 18.3 Å². The van der Waals surface area contributed by atoms with Gasteiger partial charge >= 0.3 is 5.97 Å². The first-order valence-electron chi connectivity index (χ1n) is 14.2. The number of aryl methyl sites for hydroxylation is 1. The molecule has 1 aliphatic heterocycles. The highest BCUT2D eigenvalue weighted by Crippen LogP contribution is 2.53. The van der Waals surface area contributed by atoms with E-state index >= 15 is 0 Å². The normalized spacial score (nSPS) is 23.8. The number of sulfonamides is 1. The number of allylic oxidation sites excluding steroid dienone is 2. The second-order valence-electron chi connectivity index (χ2n) is 13.2. The molecule has 0 radical (unpaired) electrons. The monoisotopic (exact) mass is 597 g/mol. The Morgan fingerprint density at radius 2 is 1.61 bits per heavy atom. The molecule has 41 heavy (non-hydrogen) atoms. The predicted molar refractivity (Wildman–Crippen MR) is 162 cm³/mol. The number of rotatable bonds is 7. The number of benzene rings is 2. The molecule has 0 unspecified atom stereocenters. The molecule has 1 saturated heterocycles. The van der Waals surface area contributed by atoms with E-state index < -0.39 is 47.7 Å². The number of carbonyl (C=O) groups excluding carboxylic acids is 2. The SMILES string of the molecule is CC1=C(C)C[C@]2(C(=O)OCc3ccccc3)C(=O)N(S(=O)(=O)c3ccc(C)cc3)C[C@@H](O[Si](C)(C)C(C)(C)C)[C@@H]2C1. The van der Waals surface area contributed by atoms with Crippen LogP contribution in [0.4, 0.5) is 0 Å². The van der Waals surface area contributed by atoms with Crippen molar-refractivity contribution in [3.8, 4) is 0 Å². The Hall–Kier alpha value is -2.75. The number of amides is 1. The Kier molecular flexibility index (Phi) is 8.48. The van der Waals surface area contributed by atoms with Crippen molar-refractivity contribution in [2.24, 2.45) is 11.3 Å². The quantitative estimate of drug-likeness (QED) is 0.159. The van der Waals surface area contributed by atoms with Gasteiger partial charge in [0, 0.05) is 5.92 Å². The molecule has 2 aliphatic rings. The van der Waals surface area contributed by atoms with Crippen LogP contribution in [0.15, 0.2) is 70.6 Å². The Morgan fingerprint density at radius 1 is 1.00 bits per heavy atom. The van der Waals surface area contributed by atoms with E-state index in [1.807, 2.05) is 51.1 Å². The Balaban J connectivity index is 1.86. The second-order valence-corrected chi connectivity index (χ2v) is 19.8. The summed E-state index contributed by atoms with van der Waals surface area (Å²) in [5.74, 6) is -1.99. The van der Waals surface area contributed by atoms with E-state index in [0.29, 0.717) is 6.42 Å². The minimum absolute atomic E-state index is 0.00744. The van der Waals surface area contributed by atoms with Gasteiger partial charge in [-0.05, 0) is 69.4 Å². The molecule has 0 spiro atoms. The molecule has 1 heterocycles. The van der Waals surface area contributed by atoms with Crippen LogP contribution in [0.5, 0.6) is 0 Å². The fourth-order valence-electron chi connectivity index (χ4n) is 5.54. The third kappa shape index (κ3) is 5.81. The maximum Gasteiger partial charge on any atom is 0.322 e. The first-order valence-corrected chi connectivity index (χ1v) is 18.5. The summed E-state index contributed by atoms with van der Waals surface area (Å²) in [6.45, 7) is 16.2. The molecule has 0 saturated carbocycles. The van der Waals surface area contributed by atoms with Gasteiger partial charge in [-0.25, -0.2) is 12.7 Å².